The maximum Gasteiger partial charge on any atom is 0.272 e. The molecule has 2 amide bonds. The molecule has 0 aromatic heterocycles. The van der Waals surface area contributed by atoms with E-state index in [4.69, 9.17) is 14.2 Å². The van der Waals surface area contributed by atoms with Crippen LogP contribution in [0.5, 0.6) is 17.2 Å². The average Bonchev–Trinajstić information content (AvgIpc) is 2.79. The maximum atomic E-state index is 12.8. The molecule has 0 aliphatic carbocycles. The van der Waals surface area contributed by atoms with E-state index >= 15 is 0 Å². The average molecular weight is 441 g/mol. The van der Waals surface area contributed by atoms with E-state index in [-0.39, 0.29) is 11.6 Å². The molecular weight excluding hydrogens is 408 g/mol. The number of amides is 2. The zero-order valence-electron chi connectivity index (χ0n) is 19.2. The second kappa shape index (κ2) is 13.0. The van der Waals surface area contributed by atoms with Crippen LogP contribution in [0.2, 0.25) is 0 Å². The fraction of sp³-hybridized carbons (Fsp3) is 0.360. The summed E-state index contributed by atoms with van der Waals surface area (Å²) in [4.78, 5) is 24.4. The van der Waals surface area contributed by atoms with Crippen molar-refractivity contribution in [1.29, 1.82) is 0 Å². The van der Waals surface area contributed by atoms with Gasteiger partial charge < -0.3 is 24.8 Å². The van der Waals surface area contributed by atoms with Gasteiger partial charge in [-0.3, -0.25) is 9.59 Å². The third-order valence-corrected chi connectivity index (χ3v) is 4.65. The monoisotopic (exact) mass is 440 g/mol. The number of unbranched alkanes of at least 4 members (excludes halogenated alkanes) is 3. The molecule has 0 heterocycles. The number of carbonyl (C=O) groups is 2. The SMILES string of the molecule is CCCCCCOc1ccc(NC(=O)C(=Cc2ccc(OC)c(OC)c2)NC(C)=O)cc1. The normalized spacial score (nSPS) is 10.9. The van der Waals surface area contributed by atoms with E-state index in [1.165, 1.54) is 26.9 Å². The third kappa shape index (κ3) is 7.98. The van der Waals surface area contributed by atoms with Gasteiger partial charge in [0.15, 0.2) is 11.5 Å². The molecule has 0 aliphatic heterocycles. The lowest BCUT2D eigenvalue weighted by atomic mass is 10.1. The Labute approximate surface area is 189 Å². The topological polar surface area (TPSA) is 85.9 Å². The maximum absolute atomic E-state index is 12.8. The van der Waals surface area contributed by atoms with Crippen LogP contribution < -0.4 is 24.8 Å². The van der Waals surface area contributed by atoms with Crippen LogP contribution in [0, 0.1) is 0 Å². The van der Waals surface area contributed by atoms with E-state index in [0.717, 1.165) is 18.6 Å². The summed E-state index contributed by atoms with van der Waals surface area (Å²) in [5.41, 5.74) is 1.38. The number of ether oxygens (including phenoxy) is 3. The second-order valence-electron chi connectivity index (χ2n) is 7.24. The van der Waals surface area contributed by atoms with E-state index in [9.17, 15) is 9.59 Å². The third-order valence-electron chi connectivity index (χ3n) is 4.65. The highest BCUT2D eigenvalue weighted by atomic mass is 16.5. The standard InChI is InChI=1S/C25H32N2O5/c1-5-6-7-8-15-32-21-12-10-20(11-13-21)27-25(29)22(26-18(2)28)16-19-9-14-23(30-3)24(17-19)31-4/h9-14,16-17H,5-8,15H2,1-4H3,(H,26,28)(H,27,29). The van der Waals surface area contributed by atoms with Crippen LogP contribution in [0.15, 0.2) is 48.2 Å². The van der Waals surface area contributed by atoms with Gasteiger partial charge >= 0.3 is 0 Å². The zero-order valence-corrected chi connectivity index (χ0v) is 19.2. The van der Waals surface area contributed by atoms with Crippen molar-refractivity contribution in [3.63, 3.8) is 0 Å². The number of rotatable bonds is 12. The summed E-state index contributed by atoms with van der Waals surface area (Å²) in [6.07, 6.45) is 6.15. The highest BCUT2D eigenvalue weighted by Crippen LogP contribution is 2.28. The van der Waals surface area contributed by atoms with E-state index in [1.54, 1.807) is 43.5 Å². The van der Waals surface area contributed by atoms with Gasteiger partial charge in [0, 0.05) is 12.6 Å². The molecule has 7 heteroatoms. The molecule has 0 fully saturated rings. The lowest BCUT2D eigenvalue weighted by Gasteiger charge is -2.12. The molecule has 0 spiro atoms. The zero-order chi connectivity index (χ0) is 23.3. The quantitative estimate of drug-likeness (QED) is 0.366. The summed E-state index contributed by atoms with van der Waals surface area (Å²) >= 11 is 0. The molecule has 0 saturated carbocycles. The van der Waals surface area contributed by atoms with E-state index < -0.39 is 5.91 Å². The van der Waals surface area contributed by atoms with Gasteiger partial charge in [0.2, 0.25) is 5.91 Å². The molecule has 0 bridgehead atoms. The first-order valence-electron chi connectivity index (χ1n) is 10.7. The van der Waals surface area contributed by atoms with Crippen LogP contribution >= 0.6 is 0 Å². The van der Waals surface area contributed by atoms with Crippen molar-refractivity contribution in [2.45, 2.75) is 39.5 Å². The molecule has 2 aromatic carbocycles. The number of benzene rings is 2. The Balaban J connectivity index is 2.08. The molecule has 172 valence electrons. The first kappa shape index (κ1) is 24.8. The number of nitrogens with one attached hydrogen (secondary N) is 2. The molecule has 2 aromatic rings. The molecule has 0 unspecified atom stereocenters. The Bertz CT molecular complexity index is 922. The molecule has 7 nitrogen and oxygen atoms in total. The minimum absolute atomic E-state index is 0.112. The van der Waals surface area contributed by atoms with Crippen molar-refractivity contribution in [2.75, 3.05) is 26.1 Å². The molecule has 0 atom stereocenters. The Kier molecular flexibility index (Phi) is 10.1. The predicted octanol–water partition coefficient (Wildman–Crippen LogP) is 4.78. The van der Waals surface area contributed by atoms with Crippen molar-refractivity contribution in [3.05, 3.63) is 53.7 Å². The smallest absolute Gasteiger partial charge is 0.272 e. The number of carbonyl (C=O) groups excluding carboxylic acids is 2. The Hall–Kier alpha value is -3.48. The van der Waals surface area contributed by atoms with Gasteiger partial charge in [0.1, 0.15) is 11.4 Å². The summed E-state index contributed by atoms with van der Waals surface area (Å²) in [5.74, 6) is 1.06. The van der Waals surface area contributed by atoms with Crippen molar-refractivity contribution in [2.24, 2.45) is 0 Å². The fourth-order valence-electron chi connectivity index (χ4n) is 3.01. The number of methoxy groups -OCH3 is 2. The van der Waals surface area contributed by atoms with Crippen molar-refractivity contribution >= 4 is 23.6 Å². The Morgan fingerprint density at radius 3 is 2.28 bits per heavy atom. The van der Waals surface area contributed by atoms with Crippen LogP contribution in [0.25, 0.3) is 6.08 Å². The van der Waals surface area contributed by atoms with Crippen LogP contribution in [-0.4, -0.2) is 32.6 Å². The highest BCUT2D eigenvalue weighted by Gasteiger charge is 2.13. The van der Waals surface area contributed by atoms with Gasteiger partial charge in [0.05, 0.1) is 20.8 Å². The molecular formula is C25H32N2O5. The summed E-state index contributed by atoms with van der Waals surface area (Å²) in [6.45, 7) is 4.20. The van der Waals surface area contributed by atoms with Gasteiger partial charge in [-0.25, -0.2) is 0 Å². The van der Waals surface area contributed by atoms with Gasteiger partial charge in [-0.2, -0.15) is 0 Å². The van der Waals surface area contributed by atoms with Crippen molar-refractivity contribution in [3.8, 4) is 17.2 Å². The molecule has 0 saturated heterocycles. The van der Waals surface area contributed by atoms with Gasteiger partial charge in [0.25, 0.3) is 5.91 Å². The molecule has 2 N–H and O–H groups in total. The summed E-state index contributed by atoms with van der Waals surface area (Å²) in [5, 5.41) is 5.38. The van der Waals surface area contributed by atoms with Crippen molar-refractivity contribution in [1.82, 2.24) is 5.32 Å². The molecule has 0 radical (unpaired) electrons. The minimum Gasteiger partial charge on any atom is -0.494 e. The van der Waals surface area contributed by atoms with Gasteiger partial charge in [-0.05, 0) is 54.5 Å². The number of anilines is 1. The number of hydrogen-bond donors (Lipinski definition) is 2. The van der Waals surface area contributed by atoms with Crippen molar-refractivity contribution < 1.29 is 23.8 Å². The summed E-state index contributed by atoms with van der Waals surface area (Å²) in [6, 6.07) is 12.4. The van der Waals surface area contributed by atoms with E-state index in [0.29, 0.717) is 29.4 Å². The lowest BCUT2D eigenvalue weighted by Crippen LogP contribution is -2.28. The van der Waals surface area contributed by atoms with Gasteiger partial charge in [-0.15, -0.1) is 0 Å². The first-order chi connectivity index (χ1) is 15.5. The number of hydrogen-bond acceptors (Lipinski definition) is 5. The first-order valence-corrected chi connectivity index (χ1v) is 10.7. The minimum atomic E-state index is -0.441. The molecule has 32 heavy (non-hydrogen) atoms. The Morgan fingerprint density at radius 1 is 0.938 bits per heavy atom. The highest BCUT2D eigenvalue weighted by molar-refractivity contribution is 6.08. The largest absolute Gasteiger partial charge is 0.494 e. The van der Waals surface area contributed by atoms with Gasteiger partial charge in [-0.1, -0.05) is 32.3 Å². The Morgan fingerprint density at radius 2 is 1.66 bits per heavy atom. The molecule has 0 aliphatic rings. The van der Waals surface area contributed by atoms with E-state index in [1.807, 2.05) is 12.1 Å². The lowest BCUT2D eigenvalue weighted by molar-refractivity contribution is -0.120. The van der Waals surface area contributed by atoms with E-state index in [2.05, 4.69) is 17.6 Å². The van der Waals surface area contributed by atoms with Crippen LogP contribution in [0.4, 0.5) is 5.69 Å². The predicted molar refractivity (Wildman–Crippen MR) is 126 cm³/mol. The summed E-state index contributed by atoms with van der Waals surface area (Å²) in [7, 11) is 3.08. The van der Waals surface area contributed by atoms with Crippen LogP contribution in [-0.2, 0) is 9.59 Å². The fourth-order valence-corrected chi connectivity index (χ4v) is 3.01. The van der Waals surface area contributed by atoms with Crippen LogP contribution in [0.3, 0.4) is 0 Å². The van der Waals surface area contributed by atoms with Crippen LogP contribution in [0.1, 0.15) is 45.1 Å². The summed E-state index contributed by atoms with van der Waals surface area (Å²) < 4.78 is 16.3. The second-order valence-corrected chi connectivity index (χ2v) is 7.24. The molecule has 2 rings (SSSR count).